The van der Waals surface area contributed by atoms with E-state index in [1.54, 1.807) is 36.0 Å². The van der Waals surface area contributed by atoms with Crippen molar-refractivity contribution < 1.29 is 13.9 Å². The number of benzene rings is 1. The number of aryl methyl sites for hydroxylation is 1. The average molecular weight is 354 g/mol. The fourth-order valence-electron chi connectivity index (χ4n) is 3.21. The van der Waals surface area contributed by atoms with E-state index in [1.165, 1.54) is 12.1 Å². The van der Waals surface area contributed by atoms with Gasteiger partial charge in [0, 0.05) is 36.6 Å². The van der Waals surface area contributed by atoms with Gasteiger partial charge in [0.15, 0.2) is 0 Å². The summed E-state index contributed by atoms with van der Waals surface area (Å²) >= 11 is 0. The fourth-order valence-corrected chi connectivity index (χ4v) is 3.21. The lowest BCUT2D eigenvalue weighted by molar-refractivity contribution is 0.102. The third-order valence-corrected chi connectivity index (χ3v) is 4.63. The summed E-state index contributed by atoms with van der Waals surface area (Å²) in [5, 5.41) is 7.92. The summed E-state index contributed by atoms with van der Waals surface area (Å²) in [7, 11) is 0. The number of halogens is 1. The predicted molar refractivity (Wildman–Crippen MR) is 95.5 cm³/mol. The van der Waals surface area contributed by atoms with Crippen LogP contribution in [0.5, 0.6) is 0 Å². The van der Waals surface area contributed by atoms with Crippen molar-refractivity contribution >= 4 is 22.6 Å². The highest BCUT2D eigenvalue weighted by molar-refractivity contribution is 6.06. The second kappa shape index (κ2) is 6.84. The van der Waals surface area contributed by atoms with Crippen molar-refractivity contribution in [2.24, 2.45) is 5.92 Å². The minimum absolute atomic E-state index is 0.259. The van der Waals surface area contributed by atoms with Crippen LogP contribution in [-0.4, -0.2) is 33.9 Å². The number of carbonyl (C=O) groups is 1. The number of nitrogens with one attached hydrogen (secondary N) is 1. The molecule has 26 heavy (non-hydrogen) atoms. The molecule has 0 aliphatic carbocycles. The molecule has 1 unspecified atom stereocenters. The standard InChI is InChI=1S/C19H19FN4O2/c1-12-16(8-14-2-3-15(20)9-17(14)22-12)19(25)23-18-4-6-21-24(18)10-13-5-7-26-11-13/h2-4,6,8-9,13H,5,7,10-11H2,1H3,(H,23,25). The van der Waals surface area contributed by atoms with Gasteiger partial charge in [-0.25, -0.2) is 9.07 Å². The van der Waals surface area contributed by atoms with Crippen LogP contribution in [0.2, 0.25) is 0 Å². The van der Waals surface area contributed by atoms with Crippen LogP contribution in [0.15, 0.2) is 36.5 Å². The number of hydrogen-bond acceptors (Lipinski definition) is 4. The second-order valence-electron chi connectivity index (χ2n) is 6.54. The molecule has 3 heterocycles. The van der Waals surface area contributed by atoms with Crippen LogP contribution >= 0.6 is 0 Å². The van der Waals surface area contributed by atoms with E-state index < -0.39 is 0 Å². The third kappa shape index (κ3) is 3.30. The molecule has 0 bridgehead atoms. The number of hydrogen-bond donors (Lipinski definition) is 1. The fraction of sp³-hybridized carbons (Fsp3) is 0.316. The molecule has 1 aliphatic rings. The van der Waals surface area contributed by atoms with Gasteiger partial charge in [-0.05, 0) is 31.5 Å². The van der Waals surface area contributed by atoms with Gasteiger partial charge in [0.2, 0.25) is 0 Å². The highest BCUT2D eigenvalue weighted by Crippen LogP contribution is 2.20. The maximum Gasteiger partial charge on any atom is 0.258 e. The minimum atomic E-state index is -0.346. The van der Waals surface area contributed by atoms with Crippen LogP contribution in [-0.2, 0) is 11.3 Å². The van der Waals surface area contributed by atoms with Gasteiger partial charge >= 0.3 is 0 Å². The van der Waals surface area contributed by atoms with Gasteiger partial charge in [0.1, 0.15) is 11.6 Å². The van der Waals surface area contributed by atoms with Gasteiger partial charge < -0.3 is 10.1 Å². The Hall–Kier alpha value is -2.80. The predicted octanol–water partition coefficient (Wildman–Crippen LogP) is 3.17. The zero-order chi connectivity index (χ0) is 18.1. The maximum atomic E-state index is 13.4. The Labute approximate surface area is 150 Å². The number of fused-ring (bicyclic) bond motifs is 1. The lowest BCUT2D eigenvalue weighted by Gasteiger charge is -2.13. The van der Waals surface area contributed by atoms with E-state index in [-0.39, 0.29) is 11.7 Å². The van der Waals surface area contributed by atoms with Crippen LogP contribution < -0.4 is 5.32 Å². The molecule has 0 saturated carbocycles. The summed E-state index contributed by atoms with van der Waals surface area (Å²) in [5.74, 6) is 0.442. The zero-order valence-corrected chi connectivity index (χ0v) is 14.4. The second-order valence-corrected chi connectivity index (χ2v) is 6.54. The van der Waals surface area contributed by atoms with Crippen molar-refractivity contribution in [3.8, 4) is 0 Å². The zero-order valence-electron chi connectivity index (χ0n) is 14.4. The van der Waals surface area contributed by atoms with Crippen molar-refractivity contribution in [3.63, 3.8) is 0 Å². The number of amides is 1. The van der Waals surface area contributed by atoms with Crippen LogP contribution in [0.3, 0.4) is 0 Å². The van der Waals surface area contributed by atoms with Gasteiger partial charge in [0.05, 0.1) is 29.6 Å². The van der Waals surface area contributed by atoms with Crippen LogP contribution in [0.25, 0.3) is 10.9 Å². The first-order chi connectivity index (χ1) is 12.6. The molecule has 1 saturated heterocycles. The van der Waals surface area contributed by atoms with Crippen molar-refractivity contribution in [1.29, 1.82) is 0 Å². The Balaban J connectivity index is 1.57. The van der Waals surface area contributed by atoms with Gasteiger partial charge in [-0.3, -0.25) is 9.78 Å². The summed E-state index contributed by atoms with van der Waals surface area (Å²) in [6, 6.07) is 7.85. The SMILES string of the molecule is Cc1nc2cc(F)ccc2cc1C(=O)Nc1ccnn1CC1CCOC1. The largest absolute Gasteiger partial charge is 0.381 e. The van der Waals surface area contributed by atoms with E-state index >= 15 is 0 Å². The number of rotatable bonds is 4. The minimum Gasteiger partial charge on any atom is -0.381 e. The number of nitrogens with zero attached hydrogens (tertiary/aromatic N) is 3. The molecule has 1 atom stereocenters. The van der Waals surface area contributed by atoms with E-state index in [2.05, 4.69) is 15.4 Å². The van der Waals surface area contributed by atoms with Gasteiger partial charge in [-0.1, -0.05) is 0 Å². The molecule has 1 aliphatic heterocycles. The van der Waals surface area contributed by atoms with E-state index in [1.807, 2.05) is 0 Å². The summed E-state index contributed by atoms with van der Waals surface area (Å²) in [5.41, 5.74) is 1.54. The van der Waals surface area contributed by atoms with Crippen LogP contribution in [0.1, 0.15) is 22.5 Å². The van der Waals surface area contributed by atoms with E-state index in [9.17, 15) is 9.18 Å². The molecule has 0 radical (unpaired) electrons. The summed E-state index contributed by atoms with van der Waals surface area (Å²) in [6.07, 6.45) is 2.66. The Morgan fingerprint density at radius 2 is 2.27 bits per heavy atom. The first-order valence-electron chi connectivity index (χ1n) is 8.58. The molecule has 134 valence electrons. The average Bonchev–Trinajstić information content (AvgIpc) is 3.27. The molecule has 7 heteroatoms. The molecule has 1 amide bonds. The molecular weight excluding hydrogens is 335 g/mol. The maximum absolute atomic E-state index is 13.4. The van der Waals surface area contributed by atoms with E-state index in [0.717, 1.165) is 25.0 Å². The lowest BCUT2D eigenvalue weighted by Crippen LogP contribution is -2.19. The molecule has 2 aromatic heterocycles. The molecule has 6 nitrogen and oxygen atoms in total. The van der Waals surface area contributed by atoms with Crippen LogP contribution in [0, 0.1) is 18.7 Å². The Bertz CT molecular complexity index is 963. The van der Waals surface area contributed by atoms with E-state index in [4.69, 9.17) is 4.74 Å². The molecule has 1 N–H and O–H groups in total. The van der Waals surface area contributed by atoms with Crippen molar-refractivity contribution in [1.82, 2.24) is 14.8 Å². The first kappa shape index (κ1) is 16.7. The first-order valence-corrected chi connectivity index (χ1v) is 8.58. The number of pyridine rings is 1. The third-order valence-electron chi connectivity index (χ3n) is 4.63. The molecular formula is C19H19FN4O2. The van der Waals surface area contributed by atoms with Crippen molar-refractivity contribution in [3.05, 3.63) is 53.6 Å². The molecule has 3 aromatic rings. The molecule has 4 rings (SSSR count). The normalized spacial score (nSPS) is 16.9. The summed E-state index contributed by atoms with van der Waals surface area (Å²) < 4.78 is 20.5. The van der Waals surface area contributed by atoms with Gasteiger partial charge in [-0.2, -0.15) is 5.10 Å². The smallest absolute Gasteiger partial charge is 0.258 e. The Morgan fingerprint density at radius 1 is 1.38 bits per heavy atom. The Kier molecular flexibility index (Phi) is 4.38. The highest BCUT2D eigenvalue weighted by Gasteiger charge is 2.19. The number of anilines is 1. The monoisotopic (exact) mass is 354 g/mol. The van der Waals surface area contributed by atoms with Crippen LogP contribution in [0.4, 0.5) is 10.2 Å². The summed E-state index contributed by atoms with van der Waals surface area (Å²) in [4.78, 5) is 17.1. The number of aromatic nitrogens is 3. The highest BCUT2D eigenvalue weighted by atomic mass is 19.1. The van der Waals surface area contributed by atoms with Crippen molar-refractivity contribution in [2.45, 2.75) is 19.9 Å². The Morgan fingerprint density at radius 3 is 3.08 bits per heavy atom. The molecule has 0 spiro atoms. The molecule has 1 aromatic carbocycles. The lowest BCUT2D eigenvalue weighted by atomic mass is 10.1. The number of carbonyl (C=O) groups excluding carboxylic acids is 1. The van der Waals surface area contributed by atoms with E-state index in [0.29, 0.717) is 35.1 Å². The molecule has 1 fully saturated rings. The number of ether oxygens (including phenoxy) is 1. The van der Waals surface area contributed by atoms with Gasteiger partial charge in [-0.15, -0.1) is 0 Å². The van der Waals surface area contributed by atoms with Gasteiger partial charge in [0.25, 0.3) is 5.91 Å². The topological polar surface area (TPSA) is 69.0 Å². The summed E-state index contributed by atoms with van der Waals surface area (Å²) in [6.45, 7) is 3.94. The van der Waals surface area contributed by atoms with Crippen molar-refractivity contribution in [2.75, 3.05) is 18.5 Å². The quantitative estimate of drug-likeness (QED) is 0.781.